The zero-order valence-corrected chi connectivity index (χ0v) is 9.98. The number of hydrogen-bond acceptors (Lipinski definition) is 4. The van der Waals surface area contributed by atoms with Crippen molar-refractivity contribution in [1.82, 2.24) is 9.78 Å². The summed E-state index contributed by atoms with van der Waals surface area (Å²) in [6.45, 7) is 1.79. The van der Waals surface area contributed by atoms with Crippen molar-refractivity contribution >= 4 is 5.69 Å². The average molecular weight is 237 g/mol. The Labute approximate surface area is 100 Å². The predicted molar refractivity (Wildman–Crippen MR) is 66.2 cm³/mol. The number of fused-ring (bicyclic) bond motifs is 1. The summed E-state index contributed by atoms with van der Waals surface area (Å²) in [5.74, 6) is 0. The van der Waals surface area contributed by atoms with E-state index in [-0.39, 0.29) is 12.2 Å². The summed E-state index contributed by atoms with van der Waals surface area (Å²) in [6.07, 6.45) is 4.63. The van der Waals surface area contributed by atoms with Gasteiger partial charge in [-0.15, -0.1) is 0 Å². The van der Waals surface area contributed by atoms with Crippen LogP contribution in [-0.2, 0) is 13.0 Å². The van der Waals surface area contributed by atoms with E-state index < -0.39 is 0 Å². The highest BCUT2D eigenvalue weighted by Crippen LogP contribution is 2.16. The minimum absolute atomic E-state index is 0.0397. The number of unbranched alkanes of at least 4 members (excludes halogenated alkanes) is 2. The van der Waals surface area contributed by atoms with E-state index in [9.17, 15) is 4.79 Å². The highest BCUT2D eigenvalue weighted by Gasteiger charge is 2.12. The summed E-state index contributed by atoms with van der Waals surface area (Å²) in [5.41, 5.74) is 1.85. The maximum absolute atomic E-state index is 11.8. The Kier molecular flexibility index (Phi) is 4.14. The molecule has 17 heavy (non-hydrogen) atoms. The molecule has 0 bridgehead atoms. The fourth-order valence-electron chi connectivity index (χ4n) is 2.06. The zero-order chi connectivity index (χ0) is 12.1. The molecular weight excluding hydrogens is 218 g/mol. The lowest BCUT2D eigenvalue weighted by molar-refractivity contribution is 0.281. The van der Waals surface area contributed by atoms with Gasteiger partial charge >= 0.3 is 0 Å². The third kappa shape index (κ3) is 3.06. The Bertz CT molecular complexity index is 428. The minimum Gasteiger partial charge on any atom is -0.396 e. The molecule has 2 rings (SSSR count). The molecule has 0 aromatic carbocycles. The lowest BCUT2D eigenvalue weighted by atomic mass is 10.1. The molecule has 0 unspecified atom stereocenters. The Morgan fingerprint density at radius 1 is 1.41 bits per heavy atom. The van der Waals surface area contributed by atoms with Gasteiger partial charge in [0.1, 0.15) is 0 Å². The molecule has 0 saturated heterocycles. The number of aliphatic hydroxyl groups is 1. The topological polar surface area (TPSA) is 67.2 Å². The highest BCUT2D eigenvalue weighted by molar-refractivity contribution is 5.48. The average Bonchev–Trinajstić information content (AvgIpc) is 2.35. The van der Waals surface area contributed by atoms with Crippen LogP contribution in [0, 0.1) is 0 Å². The van der Waals surface area contributed by atoms with Crippen molar-refractivity contribution in [2.45, 2.75) is 38.6 Å². The lowest BCUT2D eigenvalue weighted by Crippen LogP contribution is -2.27. The van der Waals surface area contributed by atoms with Crippen LogP contribution in [0.5, 0.6) is 0 Å². The summed E-state index contributed by atoms with van der Waals surface area (Å²) >= 11 is 0. The van der Waals surface area contributed by atoms with Gasteiger partial charge in [-0.05, 0) is 32.1 Å². The van der Waals surface area contributed by atoms with E-state index in [1.165, 1.54) is 0 Å². The quantitative estimate of drug-likeness (QED) is 0.742. The Morgan fingerprint density at radius 2 is 2.29 bits per heavy atom. The Morgan fingerprint density at radius 3 is 3.12 bits per heavy atom. The molecule has 1 aromatic heterocycles. The molecule has 1 aliphatic rings. The largest absolute Gasteiger partial charge is 0.396 e. The van der Waals surface area contributed by atoms with Crippen molar-refractivity contribution < 1.29 is 5.11 Å². The first-order valence-electron chi connectivity index (χ1n) is 6.27. The maximum Gasteiger partial charge on any atom is 0.268 e. The number of nitrogens with zero attached hydrogens (tertiary/aromatic N) is 2. The molecule has 0 aliphatic carbocycles. The number of aryl methyl sites for hydroxylation is 2. The van der Waals surface area contributed by atoms with Crippen LogP contribution in [0.2, 0.25) is 0 Å². The predicted octanol–water partition coefficient (Wildman–Crippen LogP) is 0.764. The molecule has 2 N–H and O–H groups in total. The molecule has 0 atom stereocenters. The van der Waals surface area contributed by atoms with E-state index in [0.717, 1.165) is 50.0 Å². The van der Waals surface area contributed by atoms with E-state index in [1.54, 1.807) is 10.7 Å². The first kappa shape index (κ1) is 12.1. The summed E-state index contributed by atoms with van der Waals surface area (Å²) < 4.78 is 1.54. The highest BCUT2D eigenvalue weighted by atomic mass is 16.2. The Hall–Kier alpha value is -1.36. The van der Waals surface area contributed by atoms with E-state index in [0.29, 0.717) is 6.54 Å². The van der Waals surface area contributed by atoms with Crippen molar-refractivity contribution in [3.05, 3.63) is 22.1 Å². The maximum atomic E-state index is 11.8. The van der Waals surface area contributed by atoms with Crippen LogP contribution in [0.3, 0.4) is 0 Å². The lowest BCUT2D eigenvalue weighted by Gasteiger charge is -2.17. The van der Waals surface area contributed by atoms with Crippen LogP contribution >= 0.6 is 0 Å². The third-order valence-corrected chi connectivity index (χ3v) is 3.01. The van der Waals surface area contributed by atoms with Gasteiger partial charge in [0.2, 0.25) is 0 Å². The van der Waals surface area contributed by atoms with Gasteiger partial charge in [0.05, 0.1) is 11.4 Å². The van der Waals surface area contributed by atoms with Gasteiger partial charge < -0.3 is 10.4 Å². The van der Waals surface area contributed by atoms with Crippen LogP contribution in [-0.4, -0.2) is 28.0 Å². The number of rotatable bonds is 5. The van der Waals surface area contributed by atoms with Crippen molar-refractivity contribution in [1.29, 1.82) is 0 Å². The van der Waals surface area contributed by atoms with E-state index >= 15 is 0 Å². The molecule has 0 amide bonds. The summed E-state index contributed by atoms with van der Waals surface area (Å²) in [5, 5.41) is 16.3. The number of hydrogen-bond donors (Lipinski definition) is 2. The molecule has 2 heterocycles. The fourth-order valence-corrected chi connectivity index (χ4v) is 2.06. The summed E-state index contributed by atoms with van der Waals surface area (Å²) in [4.78, 5) is 11.8. The molecule has 1 aromatic rings. The van der Waals surface area contributed by atoms with Crippen molar-refractivity contribution in [2.75, 3.05) is 18.5 Å². The van der Waals surface area contributed by atoms with Crippen molar-refractivity contribution in [2.24, 2.45) is 0 Å². The molecule has 94 valence electrons. The van der Waals surface area contributed by atoms with E-state index in [1.807, 2.05) is 0 Å². The van der Waals surface area contributed by atoms with Crippen molar-refractivity contribution in [3.63, 3.8) is 0 Å². The van der Waals surface area contributed by atoms with Crippen LogP contribution in [0.25, 0.3) is 0 Å². The number of nitrogens with one attached hydrogen (secondary N) is 1. The second-order valence-corrected chi connectivity index (χ2v) is 4.38. The molecule has 0 saturated carbocycles. The van der Waals surface area contributed by atoms with Gasteiger partial charge in [0, 0.05) is 25.8 Å². The molecular formula is C12H19N3O2. The second-order valence-electron chi connectivity index (χ2n) is 4.38. The molecule has 1 aliphatic heterocycles. The molecule has 5 nitrogen and oxygen atoms in total. The standard InChI is InChI=1S/C12H19N3O2/c16-8-3-1-2-7-15-12(17)9-11-10(14-15)5-4-6-13-11/h9,13,16H,1-8H2. The third-order valence-electron chi connectivity index (χ3n) is 3.01. The van der Waals surface area contributed by atoms with Gasteiger partial charge in [0.15, 0.2) is 0 Å². The van der Waals surface area contributed by atoms with Crippen molar-refractivity contribution in [3.8, 4) is 0 Å². The van der Waals surface area contributed by atoms with Gasteiger partial charge in [0.25, 0.3) is 5.56 Å². The normalized spacial score (nSPS) is 14.2. The summed E-state index contributed by atoms with van der Waals surface area (Å²) in [7, 11) is 0. The van der Waals surface area contributed by atoms with Crippen LogP contribution < -0.4 is 10.9 Å². The Balaban J connectivity index is 2.04. The van der Waals surface area contributed by atoms with Gasteiger partial charge in [-0.1, -0.05) is 0 Å². The molecule has 0 radical (unpaired) electrons. The zero-order valence-electron chi connectivity index (χ0n) is 9.98. The van der Waals surface area contributed by atoms with Crippen LogP contribution in [0.4, 0.5) is 5.69 Å². The van der Waals surface area contributed by atoms with Gasteiger partial charge in [-0.25, -0.2) is 4.68 Å². The number of aromatic nitrogens is 2. The van der Waals surface area contributed by atoms with Gasteiger partial charge in [-0.3, -0.25) is 4.79 Å². The first-order valence-corrected chi connectivity index (χ1v) is 6.27. The number of anilines is 1. The second kappa shape index (κ2) is 5.82. The molecule has 0 fully saturated rings. The minimum atomic E-state index is -0.0397. The van der Waals surface area contributed by atoms with E-state index in [2.05, 4.69) is 10.4 Å². The summed E-state index contributed by atoms with van der Waals surface area (Å²) in [6, 6.07) is 1.65. The molecule has 0 spiro atoms. The van der Waals surface area contributed by atoms with Gasteiger partial charge in [-0.2, -0.15) is 5.10 Å². The smallest absolute Gasteiger partial charge is 0.268 e. The van der Waals surface area contributed by atoms with Crippen LogP contribution in [0.1, 0.15) is 31.4 Å². The first-order chi connectivity index (χ1) is 8.31. The SMILES string of the molecule is O=c1cc2c(nn1CCCCCO)CCCN2. The number of aliphatic hydroxyl groups excluding tert-OH is 1. The van der Waals surface area contributed by atoms with E-state index in [4.69, 9.17) is 5.11 Å². The molecule has 5 heteroatoms. The van der Waals surface area contributed by atoms with Crippen LogP contribution in [0.15, 0.2) is 10.9 Å². The fraction of sp³-hybridized carbons (Fsp3) is 0.667. The monoisotopic (exact) mass is 237 g/mol.